The first kappa shape index (κ1) is 17.1. The van der Waals surface area contributed by atoms with E-state index in [1.54, 1.807) is 0 Å². The Morgan fingerprint density at radius 3 is 2.71 bits per heavy atom. The van der Waals surface area contributed by atoms with Crippen LogP contribution in [0.2, 0.25) is 0 Å². The van der Waals surface area contributed by atoms with E-state index in [0.717, 1.165) is 55.3 Å². The third-order valence-corrected chi connectivity index (χ3v) is 5.79. The lowest BCUT2D eigenvalue weighted by Crippen LogP contribution is -2.39. The zero-order valence-electron chi connectivity index (χ0n) is 15.9. The molecule has 1 atom stereocenters. The van der Waals surface area contributed by atoms with Gasteiger partial charge in [-0.2, -0.15) is 5.10 Å². The number of pyridine rings is 1. The molecule has 1 N–H and O–H groups in total. The lowest BCUT2D eigenvalue weighted by molar-refractivity contribution is 0.0916. The normalized spacial score (nSPS) is 19.8. The van der Waals surface area contributed by atoms with Gasteiger partial charge in [0.25, 0.3) is 5.91 Å². The summed E-state index contributed by atoms with van der Waals surface area (Å²) < 4.78 is 1.96. The molecule has 2 aliphatic rings. The second kappa shape index (κ2) is 6.85. The fourth-order valence-electron chi connectivity index (χ4n) is 3.88. The number of amides is 1. The molecule has 5 rings (SSSR count). The number of carbonyl (C=O) groups excluding carboxylic acids is 1. The van der Waals surface area contributed by atoms with Crippen molar-refractivity contribution in [3.8, 4) is 0 Å². The Balaban J connectivity index is 1.37. The molecule has 1 unspecified atom stereocenters. The van der Waals surface area contributed by atoms with Gasteiger partial charge in [-0.1, -0.05) is 0 Å². The minimum absolute atomic E-state index is 0.0192. The number of hydrogen-bond donors (Lipinski definition) is 1. The molecule has 0 radical (unpaired) electrons. The van der Waals surface area contributed by atoms with E-state index >= 15 is 0 Å². The maximum atomic E-state index is 12.5. The predicted octanol–water partition coefficient (Wildman–Crippen LogP) is 2.10. The summed E-state index contributed by atoms with van der Waals surface area (Å²) in [7, 11) is 0. The van der Waals surface area contributed by atoms with Gasteiger partial charge in [0.05, 0.1) is 11.3 Å². The predicted molar refractivity (Wildman–Crippen MR) is 104 cm³/mol. The summed E-state index contributed by atoms with van der Waals surface area (Å²) in [5, 5.41) is 20.3. The number of rotatable bonds is 4. The lowest BCUT2D eigenvalue weighted by atomic mass is 9.93. The number of carbonyl (C=O) groups is 1. The van der Waals surface area contributed by atoms with Crippen molar-refractivity contribution >= 4 is 17.4 Å². The minimum Gasteiger partial charge on any atom is -0.354 e. The summed E-state index contributed by atoms with van der Waals surface area (Å²) in [5.74, 6) is 2.01. The van der Waals surface area contributed by atoms with Crippen molar-refractivity contribution in [2.45, 2.75) is 44.6 Å². The average molecular weight is 377 g/mol. The van der Waals surface area contributed by atoms with Crippen molar-refractivity contribution in [1.82, 2.24) is 30.1 Å². The molecule has 0 aromatic carbocycles. The van der Waals surface area contributed by atoms with Crippen LogP contribution in [0.5, 0.6) is 0 Å². The van der Waals surface area contributed by atoms with Crippen molar-refractivity contribution in [3.05, 3.63) is 47.5 Å². The van der Waals surface area contributed by atoms with Crippen LogP contribution >= 0.6 is 0 Å². The Labute approximate surface area is 163 Å². The van der Waals surface area contributed by atoms with Crippen LogP contribution in [0.15, 0.2) is 30.5 Å². The molecule has 1 aliphatic carbocycles. The van der Waals surface area contributed by atoms with E-state index in [9.17, 15) is 4.79 Å². The largest absolute Gasteiger partial charge is 0.354 e. The van der Waals surface area contributed by atoms with Crippen LogP contribution in [0.4, 0.5) is 5.82 Å². The molecule has 1 saturated carbocycles. The Bertz CT molecular complexity index is 1010. The standard InChI is InChI=1S/C20H23N7O/c1-13-5-7-17(23-22-13)26-10-9-14(11-26)19-25-24-18-8-6-15(12-27(18)19)20(28)21-16-3-2-4-16/h5-8,12,14,16H,2-4,9-11H2,1H3,(H,21,28). The van der Waals surface area contributed by atoms with Crippen molar-refractivity contribution in [2.24, 2.45) is 0 Å². The molecule has 4 heterocycles. The van der Waals surface area contributed by atoms with Gasteiger partial charge in [0, 0.05) is 31.2 Å². The van der Waals surface area contributed by atoms with Crippen LogP contribution in [0, 0.1) is 6.92 Å². The van der Waals surface area contributed by atoms with Crippen molar-refractivity contribution < 1.29 is 4.79 Å². The van der Waals surface area contributed by atoms with Crippen LogP contribution in [-0.4, -0.2) is 49.8 Å². The Morgan fingerprint density at radius 2 is 1.96 bits per heavy atom. The van der Waals surface area contributed by atoms with Crippen LogP contribution in [0.3, 0.4) is 0 Å². The molecule has 0 bridgehead atoms. The molecule has 1 amide bonds. The van der Waals surface area contributed by atoms with Crippen molar-refractivity contribution in [3.63, 3.8) is 0 Å². The molecule has 1 aliphatic heterocycles. The molecule has 28 heavy (non-hydrogen) atoms. The van der Waals surface area contributed by atoms with Crippen LogP contribution in [-0.2, 0) is 0 Å². The maximum Gasteiger partial charge on any atom is 0.252 e. The molecule has 0 spiro atoms. The number of aromatic nitrogens is 5. The van der Waals surface area contributed by atoms with E-state index in [0.29, 0.717) is 11.6 Å². The van der Waals surface area contributed by atoms with Gasteiger partial charge in [0.1, 0.15) is 5.82 Å². The number of nitrogens with one attached hydrogen (secondary N) is 1. The first-order chi connectivity index (χ1) is 13.7. The zero-order valence-corrected chi connectivity index (χ0v) is 15.9. The summed E-state index contributed by atoms with van der Waals surface area (Å²) in [4.78, 5) is 14.7. The lowest BCUT2D eigenvalue weighted by Gasteiger charge is -2.26. The van der Waals surface area contributed by atoms with E-state index in [-0.39, 0.29) is 11.8 Å². The number of nitrogens with zero attached hydrogens (tertiary/aromatic N) is 6. The molecule has 3 aromatic rings. The van der Waals surface area contributed by atoms with Crippen molar-refractivity contribution in [1.29, 1.82) is 0 Å². The monoisotopic (exact) mass is 377 g/mol. The molecule has 1 saturated heterocycles. The molecule has 2 fully saturated rings. The van der Waals surface area contributed by atoms with E-state index in [1.165, 1.54) is 6.42 Å². The average Bonchev–Trinajstić information content (AvgIpc) is 3.31. The first-order valence-corrected chi connectivity index (χ1v) is 9.88. The minimum atomic E-state index is -0.0192. The van der Waals surface area contributed by atoms with E-state index in [2.05, 4.69) is 30.6 Å². The van der Waals surface area contributed by atoms with Gasteiger partial charge in [0.2, 0.25) is 0 Å². The molecule has 144 valence electrons. The quantitative estimate of drug-likeness (QED) is 0.749. The number of anilines is 1. The third kappa shape index (κ3) is 3.08. The molecular formula is C20H23N7O. The first-order valence-electron chi connectivity index (χ1n) is 9.88. The summed E-state index contributed by atoms with van der Waals surface area (Å²) in [6.07, 6.45) is 6.18. The van der Waals surface area contributed by atoms with E-state index in [1.807, 2.05) is 41.8 Å². The van der Waals surface area contributed by atoms with E-state index in [4.69, 9.17) is 0 Å². The highest BCUT2D eigenvalue weighted by Crippen LogP contribution is 2.29. The van der Waals surface area contributed by atoms with Crippen LogP contribution < -0.4 is 10.2 Å². The maximum absolute atomic E-state index is 12.5. The molecule has 8 nitrogen and oxygen atoms in total. The smallest absolute Gasteiger partial charge is 0.252 e. The van der Waals surface area contributed by atoms with Crippen molar-refractivity contribution in [2.75, 3.05) is 18.0 Å². The summed E-state index contributed by atoms with van der Waals surface area (Å²) in [6.45, 7) is 3.65. The van der Waals surface area contributed by atoms with Gasteiger partial charge in [-0.05, 0) is 56.9 Å². The van der Waals surface area contributed by atoms with Crippen LogP contribution in [0.1, 0.15) is 53.5 Å². The van der Waals surface area contributed by atoms with Gasteiger partial charge in [-0.3, -0.25) is 9.20 Å². The zero-order chi connectivity index (χ0) is 19.1. The number of aryl methyl sites for hydroxylation is 1. The summed E-state index contributed by atoms with van der Waals surface area (Å²) >= 11 is 0. The molecular weight excluding hydrogens is 354 g/mol. The Hall–Kier alpha value is -3.03. The SMILES string of the molecule is Cc1ccc(N2CCC(c3nnc4ccc(C(=O)NC5CCC5)cn34)C2)nn1. The fourth-order valence-corrected chi connectivity index (χ4v) is 3.88. The second-order valence-corrected chi connectivity index (χ2v) is 7.77. The van der Waals surface area contributed by atoms with Gasteiger partial charge >= 0.3 is 0 Å². The molecule has 3 aromatic heterocycles. The third-order valence-electron chi connectivity index (χ3n) is 5.79. The Morgan fingerprint density at radius 1 is 1.07 bits per heavy atom. The highest BCUT2D eigenvalue weighted by atomic mass is 16.1. The fraction of sp³-hybridized carbons (Fsp3) is 0.450. The highest BCUT2D eigenvalue weighted by Gasteiger charge is 2.29. The van der Waals surface area contributed by atoms with Gasteiger partial charge in [-0.15, -0.1) is 15.3 Å². The summed E-state index contributed by atoms with van der Waals surface area (Å²) in [6, 6.07) is 8.00. The van der Waals surface area contributed by atoms with Gasteiger partial charge in [-0.25, -0.2) is 0 Å². The summed E-state index contributed by atoms with van der Waals surface area (Å²) in [5.41, 5.74) is 2.33. The van der Waals surface area contributed by atoms with Crippen LogP contribution in [0.25, 0.3) is 5.65 Å². The number of hydrogen-bond acceptors (Lipinski definition) is 6. The van der Waals surface area contributed by atoms with Gasteiger partial charge in [0.15, 0.2) is 11.5 Å². The van der Waals surface area contributed by atoms with E-state index < -0.39 is 0 Å². The molecule has 8 heteroatoms. The highest BCUT2D eigenvalue weighted by molar-refractivity contribution is 5.94. The second-order valence-electron chi connectivity index (χ2n) is 7.77. The number of fused-ring (bicyclic) bond motifs is 1. The van der Waals surface area contributed by atoms with Gasteiger partial charge < -0.3 is 10.2 Å². The Kier molecular flexibility index (Phi) is 4.18. The topological polar surface area (TPSA) is 88.3 Å².